The molecule has 43 heavy (non-hydrogen) atoms. The molecule has 7 nitrogen and oxygen atoms in total. The summed E-state index contributed by atoms with van der Waals surface area (Å²) in [6.07, 6.45) is 0. The first-order chi connectivity index (χ1) is 20.6. The maximum atomic E-state index is 14.3. The number of hydrogen-bond donors (Lipinski definition) is 0. The molecule has 2 fully saturated rings. The Hall–Kier alpha value is -3.95. The van der Waals surface area contributed by atoms with Crippen molar-refractivity contribution < 1.29 is 17.6 Å². The molecule has 224 valence electrons. The first-order valence-electron chi connectivity index (χ1n) is 14.8. The Balaban J connectivity index is 1.29. The number of carbonyl (C=O) groups is 1. The van der Waals surface area contributed by atoms with Gasteiger partial charge in [0.05, 0.1) is 4.90 Å². The van der Waals surface area contributed by atoms with Crippen molar-refractivity contribution >= 4 is 38.1 Å². The highest BCUT2D eigenvalue weighted by Gasteiger charge is 2.41. The van der Waals surface area contributed by atoms with Gasteiger partial charge in [-0.05, 0) is 73.2 Å². The average Bonchev–Trinajstić information content (AvgIpc) is 3.01. The number of anilines is 2. The van der Waals surface area contributed by atoms with Gasteiger partial charge in [-0.25, -0.2) is 12.8 Å². The minimum absolute atomic E-state index is 0.0123. The minimum Gasteiger partial charge on any atom is -0.368 e. The van der Waals surface area contributed by atoms with E-state index in [1.807, 2.05) is 47.1 Å². The minimum atomic E-state index is -3.89. The van der Waals surface area contributed by atoms with Gasteiger partial charge >= 0.3 is 0 Å². The molecular formula is C34H37FN4O3S. The molecule has 0 aromatic heterocycles. The maximum absolute atomic E-state index is 14.3. The molecule has 0 radical (unpaired) electrons. The molecule has 1 unspecified atom stereocenters. The van der Waals surface area contributed by atoms with Crippen molar-refractivity contribution in [1.82, 2.24) is 9.21 Å². The highest BCUT2D eigenvalue weighted by atomic mass is 32.2. The fourth-order valence-electron chi connectivity index (χ4n) is 6.42. The molecule has 1 atom stereocenters. The van der Waals surface area contributed by atoms with Gasteiger partial charge in [-0.15, -0.1) is 0 Å². The number of halogens is 1. The van der Waals surface area contributed by atoms with Crippen LogP contribution < -0.4 is 9.80 Å². The predicted molar refractivity (Wildman–Crippen MR) is 170 cm³/mol. The van der Waals surface area contributed by atoms with Crippen LogP contribution in [0.2, 0.25) is 0 Å². The largest absolute Gasteiger partial charge is 0.368 e. The molecule has 0 spiro atoms. The summed E-state index contributed by atoms with van der Waals surface area (Å²) >= 11 is 0. The smallest absolute Gasteiger partial charge is 0.246 e. The summed E-state index contributed by atoms with van der Waals surface area (Å²) in [4.78, 5) is 20.6. The number of amides is 1. The standard InChI is InChI=1S/C34H37FN4O3S/c1-24-11-12-25(2)31(21-24)36-15-17-37(18-16-36)34(40)32-23-38(19-20-39(32)30-14-13-28(35)22-26(30)3)43(41,42)33-10-6-8-27-7-4-5-9-29(27)33/h4-14,21-22,32H,15-20,23H2,1-3H3. The zero-order chi connectivity index (χ0) is 30.3. The summed E-state index contributed by atoms with van der Waals surface area (Å²) in [7, 11) is -3.89. The van der Waals surface area contributed by atoms with Crippen LogP contribution in [0.5, 0.6) is 0 Å². The SMILES string of the molecule is Cc1ccc(C)c(N2CCN(C(=O)C3CN(S(=O)(=O)c4cccc5ccccc45)CCN3c3ccc(F)cc3C)CC2)c1. The van der Waals surface area contributed by atoms with E-state index in [1.165, 1.54) is 33.3 Å². The molecule has 4 aromatic carbocycles. The molecule has 9 heteroatoms. The predicted octanol–water partition coefficient (Wildman–Crippen LogP) is 5.13. The van der Waals surface area contributed by atoms with Crippen LogP contribution in [0.1, 0.15) is 16.7 Å². The normalized spacial score (nSPS) is 18.3. The Morgan fingerprint density at radius 1 is 0.767 bits per heavy atom. The molecule has 1 amide bonds. The molecule has 2 aliphatic heterocycles. The number of nitrogens with zero attached hydrogens (tertiary/aromatic N) is 4. The fourth-order valence-corrected chi connectivity index (χ4v) is 8.07. The number of sulfonamides is 1. The number of aryl methyl sites for hydroxylation is 3. The summed E-state index contributed by atoms with van der Waals surface area (Å²) in [6, 6.07) is 22.9. The lowest BCUT2D eigenvalue weighted by Crippen LogP contribution is -2.62. The number of rotatable bonds is 5. The van der Waals surface area contributed by atoms with Crippen molar-refractivity contribution in [2.75, 3.05) is 55.6 Å². The van der Waals surface area contributed by atoms with E-state index in [-0.39, 0.29) is 29.7 Å². The van der Waals surface area contributed by atoms with Crippen molar-refractivity contribution in [2.45, 2.75) is 31.7 Å². The molecular weight excluding hydrogens is 563 g/mol. The molecule has 0 saturated carbocycles. The van der Waals surface area contributed by atoms with Crippen LogP contribution in [0, 0.1) is 26.6 Å². The van der Waals surface area contributed by atoms with E-state index in [0.717, 1.165) is 11.1 Å². The van der Waals surface area contributed by atoms with Crippen LogP contribution in [0.3, 0.4) is 0 Å². The number of carbonyl (C=O) groups excluding carboxylic acids is 1. The topological polar surface area (TPSA) is 64.2 Å². The summed E-state index contributed by atoms with van der Waals surface area (Å²) in [6.45, 7) is 9.00. The molecule has 4 aromatic rings. The van der Waals surface area contributed by atoms with E-state index in [1.54, 1.807) is 18.2 Å². The fraction of sp³-hybridized carbons (Fsp3) is 0.324. The number of fused-ring (bicyclic) bond motifs is 1. The Labute approximate surface area is 253 Å². The first-order valence-corrected chi connectivity index (χ1v) is 16.2. The maximum Gasteiger partial charge on any atom is 0.246 e. The van der Waals surface area contributed by atoms with Crippen LogP contribution >= 0.6 is 0 Å². The van der Waals surface area contributed by atoms with Gasteiger partial charge in [0.15, 0.2) is 0 Å². The second-order valence-electron chi connectivity index (χ2n) is 11.6. The van der Waals surface area contributed by atoms with Crippen molar-refractivity contribution in [3.63, 3.8) is 0 Å². The average molecular weight is 601 g/mol. The van der Waals surface area contributed by atoms with E-state index in [4.69, 9.17) is 0 Å². The Morgan fingerprint density at radius 3 is 2.28 bits per heavy atom. The van der Waals surface area contributed by atoms with Crippen molar-refractivity contribution in [2.24, 2.45) is 0 Å². The van der Waals surface area contributed by atoms with Crippen molar-refractivity contribution in [3.05, 3.63) is 101 Å². The lowest BCUT2D eigenvalue weighted by atomic mass is 10.1. The van der Waals surface area contributed by atoms with Gasteiger partial charge in [-0.3, -0.25) is 4.79 Å². The Kier molecular flexibility index (Phi) is 7.87. The Bertz CT molecular complexity index is 1780. The molecule has 0 bridgehead atoms. The molecule has 2 heterocycles. The summed E-state index contributed by atoms with van der Waals surface area (Å²) in [5, 5.41) is 1.51. The lowest BCUT2D eigenvalue weighted by Gasteiger charge is -2.45. The molecule has 0 aliphatic carbocycles. The number of benzene rings is 4. The zero-order valence-electron chi connectivity index (χ0n) is 24.8. The monoisotopic (exact) mass is 600 g/mol. The highest BCUT2D eigenvalue weighted by Crippen LogP contribution is 2.31. The number of hydrogen-bond acceptors (Lipinski definition) is 5. The third-order valence-corrected chi connectivity index (χ3v) is 10.7. The third kappa shape index (κ3) is 5.59. The zero-order valence-corrected chi connectivity index (χ0v) is 25.6. The van der Waals surface area contributed by atoms with Crippen LogP contribution in [0.25, 0.3) is 10.8 Å². The van der Waals surface area contributed by atoms with E-state index in [2.05, 4.69) is 36.9 Å². The van der Waals surface area contributed by atoms with Gasteiger partial charge in [0.1, 0.15) is 11.9 Å². The van der Waals surface area contributed by atoms with Gasteiger partial charge in [0, 0.05) is 62.6 Å². The van der Waals surface area contributed by atoms with Gasteiger partial charge in [0.2, 0.25) is 15.9 Å². The molecule has 2 saturated heterocycles. The highest BCUT2D eigenvalue weighted by molar-refractivity contribution is 7.89. The van der Waals surface area contributed by atoms with Crippen LogP contribution in [-0.4, -0.2) is 75.4 Å². The first kappa shape index (κ1) is 29.1. The lowest BCUT2D eigenvalue weighted by molar-refractivity contribution is -0.133. The van der Waals surface area contributed by atoms with Gasteiger partial charge < -0.3 is 14.7 Å². The van der Waals surface area contributed by atoms with E-state index >= 15 is 0 Å². The van der Waals surface area contributed by atoms with E-state index in [0.29, 0.717) is 43.7 Å². The second-order valence-corrected chi connectivity index (χ2v) is 13.5. The molecule has 6 rings (SSSR count). The van der Waals surface area contributed by atoms with Crippen LogP contribution in [-0.2, 0) is 14.8 Å². The van der Waals surface area contributed by atoms with E-state index in [9.17, 15) is 17.6 Å². The van der Waals surface area contributed by atoms with Crippen molar-refractivity contribution in [1.29, 1.82) is 0 Å². The molecule has 2 aliphatic rings. The van der Waals surface area contributed by atoms with E-state index < -0.39 is 16.1 Å². The number of piperazine rings is 2. The summed E-state index contributed by atoms with van der Waals surface area (Å²) in [5.41, 5.74) is 5.03. The summed E-state index contributed by atoms with van der Waals surface area (Å²) in [5.74, 6) is -0.453. The van der Waals surface area contributed by atoms with Gasteiger partial charge in [0.25, 0.3) is 0 Å². The Morgan fingerprint density at radius 2 is 1.51 bits per heavy atom. The van der Waals surface area contributed by atoms with Crippen LogP contribution in [0.15, 0.2) is 83.8 Å². The summed E-state index contributed by atoms with van der Waals surface area (Å²) < 4.78 is 43.7. The van der Waals surface area contributed by atoms with Gasteiger partial charge in [-0.1, -0.05) is 48.5 Å². The van der Waals surface area contributed by atoms with Gasteiger partial charge in [-0.2, -0.15) is 4.31 Å². The molecule has 0 N–H and O–H groups in total. The van der Waals surface area contributed by atoms with Crippen molar-refractivity contribution in [3.8, 4) is 0 Å². The van der Waals surface area contributed by atoms with Crippen LogP contribution in [0.4, 0.5) is 15.8 Å². The quantitative estimate of drug-likeness (QED) is 0.318. The third-order valence-electron chi connectivity index (χ3n) is 8.76. The second kappa shape index (κ2) is 11.6.